The Morgan fingerprint density at radius 2 is 1.88 bits per heavy atom. The summed E-state index contributed by atoms with van der Waals surface area (Å²) in [5.41, 5.74) is -0.292. The van der Waals surface area contributed by atoms with E-state index in [4.69, 9.17) is 4.74 Å². The Bertz CT molecular complexity index is 494. The van der Waals surface area contributed by atoms with Crippen molar-refractivity contribution < 1.29 is 14.3 Å². The highest BCUT2D eigenvalue weighted by molar-refractivity contribution is 5.88. The second kappa shape index (κ2) is 10.4. The van der Waals surface area contributed by atoms with Crippen LogP contribution in [0, 0.1) is 0 Å². The summed E-state index contributed by atoms with van der Waals surface area (Å²) in [5.74, 6) is 0.339. The molecule has 1 atom stereocenters. The molecular formula is C18H35N5O3. The number of guanidine groups is 1. The first kappa shape index (κ1) is 22.2. The van der Waals surface area contributed by atoms with Gasteiger partial charge in [-0.2, -0.15) is 0 Å². The highest BCUT2D eigenvalue weighted by Gasteiger charge is 2.19. The zero-order valence-corrected chi connectivity index (χ0v) is 17.1. The molecule has 150 valence electrons. The molecule has 2 N–H and O–H groups in total. The van der Waals surface area contributed by atoms with Crippen LogP contribution in [0.4, 0.5) is 0 Å². The largest absolute Gasteiger partial charge is 0.376 e. The van der Waals surface area contributed by atoms with Crippen LogP contribution in [0.15, 0.2) is 4.99 Å². The topological polar surface area (TPSA) is 86.3 Å². The van der Waals surface area contributed by atoms with Gasteiger partial charge in [-0.3, -0.25) is 9.59 Å². The summed E-state index contributed by atoms with van der Waals surface area (Å²) < 4.78 is 5.73. The number of nitrogens with one attached hydrogen (secondary N) is 2. The number of ether oxygens (including phenoxy) is 1. The molecule has 0 radical (unpaired) electrons. The average Bonchev–Trinajstić information content (AvgIpc) is 2.53. The van der Waals surface area contributed by atoms with E-state index >= 15 is 0 Å². The number of hydrogen-bond donors (Lipinski definition) is 2. The Labute approximate surface area is 157 Å². The second-order valence-electron chi connectivity index (χ2n) is 7.95. The maximum Gasteiger partial charge on any atom is 0.243 e. The quantitative estimate of drug-likeness (QED) is 0.524. The summed E-state index contributed by atoms with van der Waals surface area (Å²) in [6, 6.07) is 0. The molecule has 1 aliphatic heterocycles. The van der Waals surface area contributed by atoms with E-state index in [2.05, 4.69) is 15.6 Å². The molecule has 0 aromatic heterocycles. The van der Waals surface area contributed by atoms with Crippen LogP contribution in [-0.2, 0) is 14.3 Å². The highest BCUT2D eigenvalue weighted by atomic mass is 16.5. The molecule has 8 heteroatoms. The molecule has 0 aromatic rings. The maximum absolute atomic E-state index is 12.2. The first-order chi connectivity index (χ1) is 12.1. The van der Waals surface area contributed by atoms with E-state index in [-0.39, 0.29) is 36.5 Å². The Morgan fingerprint density at radius 1 is 1.19 bits per heavy atom. The Morgan fingerprint density at radius 3 is 2.42 bits per heavy atom. The smallest absolute Gasteiger partial charge is 0.243 e. The van der Waals surface area contributed by atoms with E-state index in [0.29, 0.717) is 12.5 Å². The molecule has 0 bridgehead atoms. The number of nitrogens with zero attached hydrogens (tertiary/aromatic N) is 3. The van der Waals surface area contributed by atoms with Gasteiger partial charge in [0.05, 0.1) is 12.6 Å². The first-order valence-corrected chi connectivity index (χ1v) is 9.20. The number of aliphatic imine (C=N–C) groups is 1. The van der Waals surface area contributed by atoms with Crippen LogP contribution in [0.25, 0.3) is 0 Å². The summed E-state index contributed by atoms with van der Waals surface area (Å²) in [6.45, 7) is 7.40. The van der Waals surface area contributed by atoms with E-state index in [1.165, 1.54) is 4.90 Å². The van der Waals surface area contributed by atoms with Crippen molar-refractivity contribution in [2.45, 2.75) is 51.7 Å². The summed E-state index contributed by atoms with van der Waals surface area (Å²) in [4.78, 5) is 31.7. The van der Waals surface area contributed by atoms with Crippen molar-refractivity contribution >= 4 is 17.8 Å². The van der Waals surface area contributed by atoms with Crippen LogP contribution < -0.4 is 10.6 Å². The van der Waals surface area contributed by atoms with Gasteiger partial charge in [-0.25, -0.2) is 4.99 Å². The zero-order chi connectivity index (χ0) is 19.7. The molecule has 1 rings (SSSR count). The molecule has 26 heavy (non-hydrogen) atoms. The predicted molar refractivity (Wildman–Crippen MR) is 103 cm³/mol. The standard InChI is InChI=1S/C18H35N5O3/c1-18(2,3)21-15(24)13-23(6)17(20-12-16(25)22(4)5)19-11-14-9-7-8-10-26-14/h14H,7-13H2,1-6H3,(H,19,20)(H,21,24). The molecule has 0 saturated carbocycles. The van der Waals surface area contributed by atoms with Gasteiger partial charge in [0, 0.05) is 39.8 Å². The number of amides is 2. The fourth-order valence-corrected chi connectivity index (χ4v) is 2.52. The fraction of sp³-hybridized carbons (Fsp3) is 0.833. The van der Waals surface area contributed by atoms with Gasteiger partial charge in [0.1, 0.15) is 6.54 Å². The molecule has 1 heterocycles. The van der Waals surface area contributed by atoms with Crippen molar-refractivity contribution in [1.29, 1.82) is 0 Å². The lowest BCUT2D eigenvalue weighted by atomic mass is 10.1. The minimum atomic E-state index is -0.292. The molecule has 1 aliphatic rings. The third-order valence-corrected chi connectivity index (χ3v) is 3.88. The fourth-order valence-electron chi connectivity index (χ4n) is 2.52. The van der Waals surface area contributed by atoms with E-state index in [1.807, 2.05) is 20.8 Å². The van der Waals surface area contributed by atoms with Gasteiger partial charge in [-0.15, -0.1) is 0 Å². The van der Waals surface area contributed by atoms with E-state index in [9.17, 15) is 9.59 Å². The van der Waals surface area contributed by atoms with Crippen molar-refractivity contribution in [2.24, 2.45) is 4.99 Å². The zero-order valence-electron chi connectivity index (χ0n) is 17.1. The van der Waals surface area contributed by atoms with Gasteiger partial charge in [0.15, 0.2) is 5.96 Å². The summed E-state index contributed by atoms with van der Waals surface area (Å²) in [7, 11) is 5.18. The molecular weight excluding hydrogens is 334 g/mol. The van der Waals surface area contributed by atoms with Gasteiger partial charge in [0.2, 0.25) is 11.8 Å². The molecule has 0 aromatic carbocycles. The Balaban J connectivity index is 2.69. The number of likely N-dealkylation sites (N-methyl/N-ethyl adjacent to an activating group) is 2. The number of carbonyl (C=O) groups excluding carboxylic acids is 2. The van der Waals surface area contributed by atoms with Gasteiger partial charge in [0.25, 0.3) is 0 Å². The monoisotopic (exact) mass is 369 g/mol. The molecule has 0 spiro atoms. The number of rotatable bonds is 6. The van der Waals surface area contributed by atoms with Crippen LogP contribution in [0.1, 0.15) is 40.0 Å². The summed E-state index contributed by atoms with van der Waals surface area (Å²) in [5, 5.41) is 6.18. The maximum atomic E-state index is 12.2. The van der Waals surface area contributed by atoms with Crippen molar-refractivity contribution in [1.82, 2.24) is 20.4 Å². The average molecular weight is 370 g/mol. The van der Waals surface area contributed by atoms with Gasteiger partial charge >= 0.3 is 0 Å². The van der Waals surface area contributed by atoms with Crippen molar-refractivity contribution in [3.05, 3.63) is 0 Å². The van der Waals surface area contributed by atoms with Crippen LogP contribution in [0.2, 0.25) is 0 Å². The number of hydrogen-bond acceptors (Lipinski definition) is 4. The molecule has 0 aliphatic carbocycles. The minimum absolute atomic E-state index is 0.0338. The highest BCUT2D eigenvalue weighted by Crippen LogP contribution is 2.11. The lowest BCUT2D eigenvalue weighted by molar-refractivity contribution is -0.127. The lowest BCUT2D eigenvalue weighted by Gasteiger charge is -2.28. The third-order valence-electron chi connectivity index (χ3n) is 3.88. The predicted octanol–water partition coefficient (Wildman–Crippen LogP) is 0.436. The van der Waals surface area contributed by atoms with E-state index in [1.54, 1.807) is 26.0 Å². The molecule has 2 amide bonds. The molecule has 8 nitrogen and oxygen atoms in total. The van der Waals surface area contributed by atoms with Gasteiger partial charge < -0.3 is 25.2 Å². The van der Waals surface area contributed by atoms with Crippen LogP contribution in [0.3, 0.4) is 0 Å². The van der Waals surface area contributed by atoms with Crippen molar-refractivity contribution in [3.8, 4) is 0 Å². The van der Waals surface area contributed by atoms with Gasteiger partial charge in [-0.1, -0.05) is 0 Å². The van der Waals surface area contributed by atoms with Crippen LogP contribution >= 0.6 is 0 Å². The normalized spacial score (nSPS) is 18.2. The first-order valence-electron chi connectivity index (χ1n) is 9.20. The van der Waals surface area contributed by atoms with Crippen molar-refractivity contribution in [2.75, 3.05) is 47.4 Å². The summed E-state index contributed by atoms with van der Waals surface area (Å²) >= 11 is 0. The summed E-state index contributed by atoms with van der Waals surface area (Å²) in [6.07, 6.45) is 3.39. The van der Waals surface area contributed by atoms with Gasteiger partial charge in [-0.05, 0) is 40.0 Å². The third kappa shape index (κ3) is 9.03. The lowest BCUT2D eigenvalue weighted by Crippen LogP contribution is -2.50. The number of carbonyl (C=O) groups is 2. The van der Waals surface area contributed by atoms with Crippen LogP contribution in [-0.4, -0.2) is 86.6 Å². The van der Waals surface area contributed by atoms with E-state index in [0.717, 1.165) is 25.9 Å². The molecule has 1 unspecified atom stereocenters. The Hall–Kier alpha value is -1.83. The second-order valence-corrected chi connectivity index (χ2v) is 7.95. The van der Waals surface area contributed by atoms with Crippen LogP contribution in [0.5, 0.6) is 0 Å². The molecule has 1 fully saturated rings. The van der Waals surface area contributed by atoms with E-state index < -0.39 is 0 Å². The Kier molecular flexibility index (Phi) is 8.84. The molecule has 1 saturated heterocycles. The SMILES string of the molecule is CN(C)C(=O)CN=C(NCC1CCCCO1)N(C)CC(=O)NC(C)(C)C. The minimum Gasteiger partial charge on any atom is -0.376 e. The van der Waals surface area contributed by atoms with Crippen molar-refractivity contribution in [3.63, 3.8) is 0 Å².